The van der Waals surface area contributed by atoms with Crippen LogP contribution in [0.4, 0.5) is 0 Å². The fourth-order valence-electron chi connectivity index (χ4n) is 1.39. The summed E-state index contributed by atoms with van der Waals surface area (Å²) in [6, 6.07) is 3.13. The maximum absolute atomic E-state index is 9.90. The molecule has 1 aromatic carbocycles. The Kier molecular flexibility index (Phi) is 6.30. The van der Waals surface area contributed by atoms with E-state index >= 15 is 0 Å². The molecule has 10 heteroatoms. The second-order valence-electron chi connectivity index (χ2n) is 3.63. The van der Waals surface area contributed by atoms with Crippen LogP contribution in [-0.4, -0.2) is 34.9 Å². The largest absolute Gasteiger partial charge is 0.504 e. The molecule has 0 spiro atoms. The Hall–Kier alpha value is -2.46. The number of phenols is 1. The van der Waals surface area contributed by atoms with Gasteiger partial charge in [0.2, 0.25) is 0 Å². The average molecular weight is 326 g/mol. The molecule has 0 amide bonds. The maximum Gasteiger partial charge on any atom is 0.184 e. The number of nitrogens with zero attached hydrogens (tertiary/aromatic N) is 2. The van der Waals surface area contributed by atoms with E-state index in [0.717, 1.165) is 0 Å². The zero-order valence-corrected chi connectivity index (χ0v) is 12.7. The molecule has 0 saturated heterocycles. The summed E-state index contributed by atoms with van der Waals surface area (Å²) >= 11 is 9.24. The minimum atomic E-state index is -0.0754. The number of benzene rings is 1. The first-order valence-electron chi connectivity index (χ1n) is 5.52. The van der Waals surface area contributed by atoms with Crippen LogP contribution in [0, 0.1) is 0 Å². The van der Waals surface area contributed by atoms with Crippen molar-refractivity contribution in [2.45, 2.75) is 0 Å². The van der Waals surface area contributed by atoms with Crippen molar-refractivity contribution in [2.24, 2.45) is 21.7 Å². The minimum Gasteiger partial charge on any atom is -0.504 e. The molecular weight excluding hydrogens is 312 g/mol. The van der Waals surface area contributed by atoms with Crippen molar-refractivity contribution in [3.63, 3.8) is 0 Å². The number of ether oxygens (including phenoxy) is 1. The zero-order valence-electron chi connectivity index (χ0n) is 11.0. The monoisotopic (exact) mass is 326 g/mol. The molecule has 112 valence electrons. The Bertz CT molecular complexity index is 603. The Morgan fingerprint density at radius 2 is 1.76 bits per heavy atom. The lowest BCUT2D eigenvalue weighted by atomic mass is 10.1. The van der Waals surface area contributed by atoms with E-state index in [9.17, 15) is 5.11 Å². The van der Waals surface area contributed by atoms with Gasteiger partial charge in [-0.2, -0.15) is 10.2 Å². The zero-order chi connectivity index (χ0) is 15.8. The molecule has 0 aliphatic carbocycles. The number of nitrogens with two attached hydrogens (primary N) is 2. The first kappa shape index (κ1) is 16.6. The van der Waals surface area contributed by atoms with Crippen molar-refractivity contribution in [3.8, 4) is 11.5 Å². The van der Waals surface area contributed by atoms with Crippen molar-refractivity contribution >= 4 is 47.1 Å². The molecule has 0 radical (unpaired) electrons. The number of methoxy groups -OCH3 is 1. The fourth-order valence-corrected chi connectivity index (χ4v) is 1.49. The second-order valence-corrected chi connectivity index (χ2v) is 4.51. The van der Waals surface area contributed by atoms with Crippen molar-refractivity contribution < 1.29 is 9.84 Å². The van der Waals surface area contributed by atoms with E-state index in [1.807, 2.05) is 0 Å². The lowest BCUT2D eigenvalue weighted by Crippen LogP contribution is -2.24. The van der Waals surface area contributed by atoms with Gasteiger partial charge in [-0.25, -0.2) is 0 Å². The van der Waals surface area contributed by atoms with Crippen LogP contribution in [0.5, 0.6) is 11.5 Å². The lowest BCUT2D eigenvalue weighted by Gasteiger charge is -2.08. The normalized spacial score (nSPS) is 10.7. The number of phenolic OH excluding ortho intramolecular Hbond substituents is 1. The minimum absolute atomic E-state index is 0.0211. The molecule has 0 fully saturated rings. The van der Waals surface area contributed by atoms with Gasteiger partial charge in [0.1, 0.15) is 0 Å². The summed E-state index contributed by atoms with van der Waals surface area (Å²) in [5.74, 6) is 0.177. The highest BCUT2D eigenvalue weighted by Gasteiger charge is 2.09. The molecule has 0 aromatic heterocycles. The lowest BCUT2D eigenvalue weighted by molar-refractivity contribution is 0.373. The average Bonchev–Trinajstić information content (AvgIpc) is 2.37. The highest BCUT2D eigenvalue weighted by atomic mass is 32.1. The molecule has 0 aliphatic rings. The van der Waals surface area contributed by atoms with E-state index < -0.39 is 0 Å². The van der Waals surface area contributed by atoms with Crippen molar-refractivity contribution in [1.29, 1.82) is 0 Å². The van der Waals surface area contributed by atoms with Gasteiger partial charge < -0.3 is 21.3 Å². The van der Waals surface area contributed by atoms with Crippen LogP contribution in [-0.2, 0) is 0 Å². The topological polar surface area (TPSA) is 130 Å². The molecule has 0 aliphatic heterocycles. The van der Waals surface area contributed by atoms with Crippen LogP contribution < -0.4 is 27.1 Å². The number of hydrazone groups is 2. The molecule has 21 heavy (non-hydrogen) atoms. The quantitative estimate of drug-likeness (QED) is 0.284. The third-order valence-electron chi connectivity index (χ3n) is 2.09. The second kappa shape index (κ2) is 7.97. The number of hydrogen-bond acceptors (Lipinski definition) is 6. The van der Waals surface area contributed by atoms with Crippen LogP contribution in [0.1, 0.15) is 11.1 Å². The van der Waals surface area contributed by atoms with Crippen LogP contribution in [0.2, 0.25) is 0 Å². The van der Waals surface area contributed by atoms with E-state index in [4.69, 9.17) is 16.2 Å². The van der Waals surface area contributed by atoms with E-state index in [1.165, 1.54) is 25.6 Å². The Morgan fingerprint density at radius 1 is 1.19 bits per heavy atom. The van der Waals surface area contributed by atoms with Gasteiger partial charge in [-0.15, -0.1) is 0 Å². The summed E-state index contributed by atoms with van der Waals surface area (Å²) in [6.45, 7) is 0. The molecular formula is C11H14N6O2S2. The smallest absolute Gasteiger partial charge is 0.184 e. The molecule has 0 atom stereocenters. The van der Waals surface area contributed by atoms with Crippen LogP contribution in [0.3, 0.4) is 0 Å². The first-order valence-corrected chi connectivity index (χ1v) is 6.33. The van der Waals surface area contributed by atoms with E-state index in [2.05, 4.69) is 45.5 Å². The Labute approximate surface area is 131 Å². The highest BCUT2D eigenvalue weighted by Crippen LogP contribution is 2.30. The molecule has 0 saturated carbocycles. The number of thiocarbonyl (C=S) groups is 2. The van der Waals surface area contributed by atoms with Gasteiger partial charge in [-0.1, -0.05) is 0 Å². The SMILES string of the molecule is COc1c(O)cc(C=NNC(N)=S)cc1C=NNC(N)=S. The van der Waals surface area contributed by atoms with Crippen molar-refractivity contribution in [2.75, 3.05) is 7.11 Å². The van der Waals surface area contributed by atoms with Crippen molar-refractivity contribution in [3.05, 3.63) is 23.3 Å². The molecule has 0 bridgehead atoms. The predicted octanol–water partition coefficient (Wildman–Crippen LogP) is -0.265. The Morgan fingerprint density at radius 3 is 2.29 bits per heavy atom. The standard InChI is InChI=1S/C11H14N6O2S2/c1-19-9-7(5-15-17-11(13)21)2-6(3-8(9)18)4-14-16-10(12)20/h2-5,18H,1H3,(H3,12,16,20)(H3,13,17,21). The third kappa shape index (κ3) is 5.58. The molecule has 0 heterocycles. The number of hydrogen-bond donors (Lipinski definition) is 5. The van der Waals surface area contributed by atoms with Gasteiger partial charge in [0.05, 0.1) is 19.5 Å². The third-order valence-corrected chi connectivity index (χ3v) is 2.27. The van der Waals surface area contributed by atoms with Gasteiger partial charge in [0, 0.05) is 5.56 Å². The summed E-state index contributed by atoms with van der Waals surface area (Å²) in [5.41, 5.74) is 16.4. The van der Waals surface area contributed by atoms with Crippen LogP contribution >= 0.6 is 24.4 Å². The molecule has 0 unspecified atom stereocenters. The molecule has 8 nitrogen and oxygen atoms in total. The first-order chi connectivity index (χ1) is 9.93. The summed E-state index contributed by atoms with van der Waals surface area (Å²) in [7, 11) is 1.43. The van der Waals surface area contributed by atoms with Crippen LogP contribution in [0.25, 0.3) is 0 Å². The maximum atomic E-state index is 9.90. The summed E-state index contributed by atoms with van der Waals surface area (Å²) in [6.07, 6.45) is 2.83. The van der Waals surface area contributed by atoms with Gasteiger partial charge in [0.15, 0.2) is 21.7 Å². The number of aromatic hydroxyl groups is 1. The van der Waals surface area contributed by atoms with Gasteiger partial charge in [0.25, 0.3) is 0 Å². The predicted molar refractivity (Wildman–Crippen MR) is 89.7 cm³/mol. The Balaban J connectivity index is 3.06. The highest BCUT2D eigenvalue weighted by molar-refractivity contribution is 7.80. The van der Waals surface area contributed by atoms with E-state index in [0.29, 0.717) is 11.1 Å². The summed E-state index contributed by atoms with van der Waals surface area (Å²) in [4.78, 5) is 0. The van der Waals surface area contributed by atoms with Crippen molar-refractivity contribution in [1.82, 2.24) is 10.9 Å². The summed E-state index contributed by atoms with van der Waals surface area (Å²) in [5, 5.41) is 17.6. The number of rotatable bonds is 5. The molecule has 1 aromatic rings. The van der Waals surface area contributed by atoms with Gasteiger partial charge >= 0.3 is 0 Å². The van der Waals surface area contributed by atoms with E-state index in [1.54, 1.807) is 6.07 Å². The number of nitrogens with one attached hydrogen (secondary N) is 2. The van der Waals surface area contributed by atoms with Crippen LogP contribution in [0.15, 0.2) is 22.3 Å². The summed E-state index contributed by atoms with van der Waals surface area (Å²) < 4.78 is 5.10. The van der Waals surface area contributed by atoms with Gasteiger partial charge in [-0.3, -0.25) is 10.9 Å². The van der Waals surface area contributed by atoms with Gasteiger partial charge in [-0.05, 0) is 42.1 Å². The molecule has 1 rings (SSSR count). The van der Waals surface area contributed by atoms with E-state index in [-0.39, 0.29) is 21.7 Å². The molecule has 7 N–H and O–H groups in total. The fraction of sp³-hybridized carbons (Fsp3) is 0.0909.